The maximum Gasteiger partial charge on any atom is 0.291 e. The van der Waals surface area contributed by atoms with Gasteiger partial charge in [-0.25, -0.2) is 0 Å². The summed E-state index contributed by atoms with van der Waals surface area (Å²) in [5, 5.41) is 10.5. The van der Waals surface area contributed by atoms with Gasteiger partial charge in [0.15, 0.2) is 0 Å². The van der Waals surface area contributed by atoms with Crippen LogP contribution in [0.3, 0.4) is 0 Å². The topological polar surface area (TPSA) is 101 Å². The van der Waals surface area contributed by atoms with Gasteiger partial charge in [0.2, 0.25) is 11.0 Å². The van der Waals surface area contributed by atoms with Crippen LogP contribution >= 0.6 is 34.7 Å². The van der Waals surface area contributed by atoms with E-state index in [-0.39, 0.29) is 15.4 Å². The molecule has 2 N–H and O–H groups in total. The van der Waals surface area contributed by atoms with Gasteiger partial charge in [-0.1, -0.05) is 47.2 Å². The molecule has 0 saturated carbocycles. The number of amides is 1. The number of para-hydroxylation sites is 1. The minimum atomic E-state index is -3.93. The maximum absolute atomic E-state index is 12.6. The summed E-state index contributed by atoms with van der Waals surface area (Å²) in [5.74, 6) is 0.304. The van der Waals surface area contributed by atoms with Crippen LogP contribution in [0.4, 0.5) is 10.8 Å². The van der Waals surface area contributed by atoms with E-state index in [1.54, 1.807) is 12.1 Å². The number of aromatic nitrogens is 2. The van der Waals surface area contributed by atoms with Crippen molar-refractivity contribution < 1.29 is 13.2 Å². The Morgan fingerprint density at radius 2 is 1.86 bits per heavy atom. The van der Waals surface area contributed by atoms with E-state index < -0.39 is 10.0 Å². The van der Waals surface area contributed by atoms with Crippen molar-refractivity contribution in [2.45, 2.75) is 21.9 Å². The summed E-state index contributed by atoms with van der Waals surface area (Å²) in [7, 11) is -3.93. The smallest absolute Gasteiger partial charge is 0.291 e. The Morgan fingerprint density at radius 3 is 2.57 bits per heavy atom. The number of benzene rings is 2. The lowest BCUT2D eigenvalue weighted by molar-refractivity contribution is -0.114. The Kier molecular flexibility index (Phi) is 6.55. The van der Waals surface area contributed by atoms with Gasteiger partial charge in [0, 0.05) is 22.6 Å². The number of anilines is 2. The molecule has 146 valence electrons. The zero-order chi connectivity index (χ0) is 20.1. The van der Waals surface area contributed by atoms with Crippen LogP contribution in [0.5, 0.6) is 0 Å². The molecule has 2 aromatic carbocycles. The Hall–Kier alpha value is -2.14. The lowest BCUT2D eigenvalue weighted by Crippen LogP contribution is -2.13. The number of nitrogens with one attached hydrogen (secondary N) is 2. The number of hydrogen-bond acceptors (Lipinski definition) is 7. The van der Waals surface area contributed by atoms with Gasteiger partial charge in [-0.2, -0.15) is 8.42 Å². The van der Waals surface area contributed by atoms with Crippen LogP contribution in [-0.2, 0) is 20.6 Å². The highest BCUT2D eigenvalue weighted by Gasteiger charge is 2.22. The number of rotatable bonds is 7. The molecule has 3 rings (SSSR count). The van der Waals surface area contributed by atoms with E-state index in [9.17, 15) is 13.2 Å². The first-order chi connectivity index (χ1) is 13.3. The molecule has 7 nitrogen and oxygen atoms in total. The van der Waals surface area contributed by atoms with Crippen molar-refractivity contribution in [2.75, 3.05) is 10.0 Å². The highest BCUT2D eigenvalue weighted by molar-refractivity contribution is 7.99. The average Bonchev–Trinajstić information content (AvgIpc) is 3.11. The second-order valence-corrected chi connectivity index (χ2v) is 9.86. The average molecular weight is 455 g/mol. The SMILES string of the molecule is CC(=O)Nc1nnc(S(=O)(=O)Nc2ccccc2SCc2ccc(Cl)cc2)s1. The Bertz CT molecular complexity index is 1090. The number of hydrogen-bond donors (Lipinski definition) is 2. The summed E-state index contributed by atoms with van der Waals surface area (Å²) in [6, 6.07) is 14.6. The molecule has 0 saturated heterocycles. The molecular formula is C17H15ClN4O3S3. The standard InChI is InChI=1S/C17H15ClN4O3S3/c1-11(23)19-16-20-21-17(27-16)28(24,25)22-14-4-2-3-5-15(14)26-10-12-6-8-13(18)9-7-12/h2-9,22H,10H2,1H3,(H,19,20,23). The van der Waals surface area contributed by atoms with Crippen LogP contribution in [-0.4, -0.2) is 24.5 Å². The fraction of sp³-hybridized carbons (Fsp3) is 0.118. The predicted molar refractivity (Wildman–Crippen MR) is 112 cm³/mol. The van der Waals surface area contributed by atoms with Crippen molar-refractivity contribution in [2.24, 2.45) is 0 Å². The van der Waals surface area contributed by atoms with E-state index in [2.05, 4.69) is 20.2 Å². The molecule has 0 spiro atoms. The fourth-order valence-corrected chi connectivity index (χ4v) is 5.31. The van der Waals surface area contributed by atoms with Crippen LogP contribution < -0.4 is 10.0 Å². The Morgan fingerprint density at radius 1 is 1.14 bits per heavy atom. The lowest BCUT2D eigenvalue weighted by Gasteiger charge is -2.11. The number of thioether (sulfide) groups is 1. The molecule has 0 aliphatic carbocycles. The van der Waals surface area contributed by atoms with Gasteiger partial charge in [-0.05, 0) is 29.8 Å². The van der Waals surface area contributed by atoms with Crippen molar-refractivity contribution >= 4 is 61.4 Å². The second kappa shape index (κ2) is 8.91. The molecule has 0 atom stereocenters. The quantitative estimate of drug-likeness (QED) is 0.409. The molecular weight excluding hydrogens is 440 g/mol. The van der Waals surface area contributed by atoms with E-state index in [0.717, 1.165) is 21.8 Å². The van der Waals surface area contributed by atoms with Gasteiger partial charge in [0.05, 0.1) is 5.69 Å². The maximum atomic E-state index is 12.6. The van der Waals surface area contributed by atoms with E-state index in [1.807, 2.05) is 36.4 Å². The predicted octanol–water partition coefficient (Wildman–Crippen LogP) is 4.24. The van der Waals surface area contributed by atoms with Gasteiger partial charge in [-0.15, -0.1) is 22.0 Å². The van der Waals surface area contributed by atoms with E-state index in [0.29, 0.717) is 16.5 Å². The van der Waals surface area contributed by atoms with Crippen molar-refractivity contribution in [3.8, 4) is 0 Å². The van der Waals surface area contributed by atoms with Gasteiger partial charge >= 0.3 is 0 Å². The molecule has 0 fully saturated rings. The zero-order valence-corrected chi connectivity index (χ0v) is 17.8. The second-order valence-electron chi connectivity index (χ2n) is 5.57. The van der Waals surface area contributed by atoms with E-state index >= 15 is 0 Å². The van der Waals surface area contributed by atoms with Crippen molar-refractivity contribution in [3.05, 3.63) is 59.1 Å². The van der Waals surface area contributed by atoms with Crippen molar-refractivity contribution in [1.82, 2.24) is 10.2 Å². The summed E-state index contributed by atoms with van der Waals surface area (Å²) in [5.41, 5.74) is 1.51. The van der Waals surface area contributed by atoms with Crippen LogP contribution in [0.2, 0.25) is 5.02 Å². The summed E-state index contributed by atoms with van der Waals surface area (Å²) < 4.78 is 27.6. The first-order valence-corrected chi connectivity index (χ1v) is 11.6. The molecule has 0 unspecified atom stereocenters. The first kappa shape index (κ1) is 20.6. The van der Waals surface area contributed by atoms with Crippen LogP contribution in [0.15, 0.2) is 57.8 Å². The monoisotopic (exact) mass is 454 g/mol. The molecule has 0 aliphatic rings. The third-order valence-corrected chi connectivity index (χ3v) is 7.33. The third-order valence-electron chi connectivity index (χ3n) is 3.36. The molecule has 28 heavy (non-hydrogen) atoms. The molecule has 11 heteroatoms. The van der Waals surface area contributed by atoms with Gasteiger partial charge in [-0.3, -0.25) is 9.52 Å². The van der Waals surface area contributed by atoms with Crippen LogP contribution in [0.25, 0.3) is 0 Å². The normalized spacial score (nSPS) is 11.2. The minimum absolute atomic E-state index is 0.123. The molecule has 0 radical (unpaired) electrons. The summed E-state index contributed by atoms with van der Waals surface area (Å²) in [6.07, 6.45) is 0. The summed E-state index contributed by atoms with van der Waals surface area (Å²) >= 11 is 8.17. The van der Waals surface area contributed by atoms with Crippen molar-refractivity contribution in [1.29, 1.82) is 0 Å². The molecule has 0 bridgehead atoms. The highest BCUT2D eigenvalue weighted by Crippen LogP contribution is 2.32. The number of nitrogens with zero attached hydrogens (tertiary/aromatic N) is 2. The third kappa shape index (κ3) is 5.44. The first-order valence-electron chi connectivity index (χ1n) is 7.94. The van der Waals surface area contributed by atoms with Crippen molar-refractivity contribution in [3.63, 3.8) is 0 Å². The largest absolute Gasteiger partial charge is 0.301 e. The number of halogens is 1. The number of sulfonamides is 1. The fourth-order valence-electron chi connectivity index (χ4n) is 2.13. The molecule has 1 aromatic heterocycles. The van der Waals surface area contributed by atoms with Crippen LogP contribution in [0, 0.1) is 0 Å². The molecule has 3 aromatic rings. The molecule has 1 heterocycles. The summed E-state index contributed by atoms with van der Waals surface area (Å²) in [6.45, 7) is 1.31. The van der Waals surface area contributed by atoms with Gasteiger partial charge < -0.3 is 5.32 Å². The Balaban J connectivity index is 1.75. The minimum Gasteiger partial charge on any atom is -0.301 e. The Labute approximate surface area is 175 Å². The number of carbonyl (C=O) groups excluding carboxylic acids is 1. The van der Waals surface area contributed by atoms with Gasteiger partial charge in [0.1, 0.15) is 0 Å². The van der Waals surface area contributed by atoms with Gasteiger partial charge in [0.25, 0.3) is 14.4 Å². The van der Waals surface area contributed by atoms with E-state index in [4.69, 9.17) is 11.6 Å². The van der Waals surface area contributed by atoms with E-state index in [1.165, 1.54) is 18.7 Å². The molecule has 0 aliphatic heterocycles. The molecule has 1 amide bonds. The highest BCUT2D eigenvalue weighted by atomic mass is 35.5. The number of carbonyl (C=O) groups is 1. The zero-order valence-electron chi connectivity index (χ0n) is 14.5. The summed E-state index contributed by atoms with van der Waals surface area (Å²) in [4.78, 5) is 11.8. The van der Waals surface area contributed by atoms with Crippen LogP contribution in [0.1, 0.15) is 12.5 Å². The lowest BCUT2D eigenvalue weighted by atomic mass is 10.2.